The molecule has 1 heterocycles. The highest BCUT2D eigenvalue weighted by molar-refractivity contribution is 5.68. The van der Waals surface area contributed by atoms with E-state index in [0.29, 0.717) is 6.61 Å². The van der Waals surface area contributed by atoms with Crippen LogP contribution in [-0.4, -0.2) is 42.2 Å². The van der Waals surface area contributed by atoms with Crippen molar-refractivity contribution in [2.45, 2.75) is 38.5 Å². The molecule has 5 nitrogen and oxygen atoms in total. The monoisotopic (exact) mass is 203 g/mol. The molecule has 0 bridgehead atoms. The van der Waals surface area contributed by atoms with Gasteiger partial charge in [-0.05, 0) is 20.8 Å². The molecular weight excluding hydrogens is 186 g/mol. The number of carbonyl (C=O) groups excluding carboxylic acids is 1. The molecule has 1 aliphatic heterocycles. The van der Waals surface area contributed by atoms with E-state index in [1.54, 1.807) is 20.8 Å². The lowest BCUT2D eigenvalue weighted by atomic mass is 10.2. The highest BCUT2D eigenvalue weighted by Gasteiger charge is 2.29. The number of aliphatic hydroxyl groups is 1. The Hall–Kier alpha value is -0.810. The molecule has 82 valence electrons. The van der Waals surface area contributed by atoms with Crippen LogP contribution in [0.15, 0.2) is 0 Å². The molecule has 2 atom stereocenters. The maximum Gasteiger partial charge on any atom is 0.408 e. The van der Waals surface area contributed by atoms with Gasteiger partial charge in [-0.15, -0.1) is 0 Å². The SMILES string of the molecule is CC(C)(C)OC(=O)N[C@H]1COC[C@H]1O. The van der Waals surface area contributed by atoms with E-state index in [1.807, 2.05) is 0 Å². The molecule has 1 saturated heterocycles. The van der Waals surface area contributed by atoms with E-state index in [2.05, 4.69) is 5.32 Å². The summed E-state index contributed by atoms with van der Waals surface area (Å²) in [5.41, 5.74) is -0.519. The Morgan fingerprint density at radius 2 is 2.14 bits per heavy atom. The summed E-state index contributed by atoms with van der Waals surface area (Å²) in [5, 5.41) is 11.9. The van der Waals surface area contributed by atoms with Crippen molar-refractivity contribution in [2.75, 3.05) is 13.2 Å². The molecule has 1 fully saturated rings. The second-order valence-electron chi connectivity index (χ2n) is 4.36. The zero-order valence-corrected chi connectivity index (χ0v) is 8.74. The van der Waals surface area contributed by atoms with Crippen molar-refractivity contribution < 1.29 is 19.4 Å². The Morgan fingerprint density at radius 3 is 2.57 bits per heavy atom. The van der Waals surface area contributed by atoms with Crippen molar-refractivity contribution in [1.82, 2.24) is 5.32 Å². The fourth-order valence-corrected chi connectivity index (χ4v) is 1.14. The molecule has 0 radical (unpaired) electrons. The number of aliphatic hydroxyl groups excluding tert-OH is 1. The average Bonchev–Trinajstić information content (AvgIpc) is 2.32. The summed E-state index contributed by atoms with van der Waals surface area (Å²) in [5.74, 6) is 0. The fourth-order valence-electron chi connectivity index (χ4n) is 1.14. The maximum absolute atomic E-state index is 11.3. The molecule has 0 aromatic rings. The lowest BCUT2D eigenvalue weighted by molar-refractivity contribution is 0.0461. The predicted molar refractivity (Wildman–Crippen MR) is 50.0 cm³/mol. The number of rotatable bonds is 1. The summed E-state index contributed by atoms with van der Waals surface area (Å²) in [6.07, 6.45) is -1.16. The van der Waals surface area contributed by atoms with Gasteiger partial charge in [0.1, 0.15) is 5.60 Å². The van der Waals surface area contributed by atoms with Crippen LogP contribution >= 0.6 is 0 Å². The van der Waals surface area contributed by atoms with Crippen molar-refractivity contribution >= 4 is 6.09 Å². The molecule has 1 rings (SSSR count). The third-order valence-electron chi connectivity index (χ3n) is 1.75. The first-order chi connectivity index (χ1) is 6.38. The summed E-state index contributed by atoms with van der Waals surface area (Å²) < 4.78 is 10.0. The van der Waals surface area contributed by atoms with Gasteiger partial charge in [-0.3, -0.25) is 0 Å². The largest absolute Gasteiger partial charge is 0.444 e. The number of nitrogens with one attached hydrogen (secondary N) is 1. The molecule has 0 aromatic carbocycles. The van der Waals surface area contributed by atoms with Crippen LogP contribution in [0.25, 0.3) is 0 Å². The molecule has 0 unspecified atom stereocenters. The smallest absolute Gasteiger partial charge is 0.408 e. The van der Waals surface area contributed by atoms with E-state index < -0.39 is 17.8 Å². The van der Waals surface area contributed by atoms with Crippen LogP contribution in [0, 0.1) is 0 Å². The van der Waals surface area contributed by atoms with Crippen LogP contribution in [0.2, 0.25) is 0 Å². The van der Waals surface area contributed by atoms with E-state index in [1.165, 1.54) is 0 Å². The summed E-state index contributed by atoms with van der Waals surface area (Å²) in [4.78, 5) is 11.3. The Balaban J connectivity index is 2.33. The number of carbonyl (C=O) groups is 1. The van der Waals surface area contributed by atoms with Gasteiger partial charge in [-0.2, -0.15) is 0 Å². The van der Waals surface area contributed by atoms with Gasteiger partial charge in [0.05, 0.1) is 25.4 Å². The van der Waals surface area contributed by atoms with Gasteiger partial charge in [0.25, 0.3) is 0 Å². The molecule has 0 aromatic heterocycles. The number of hydrogen-bond acceptors (Lipinski definition) is 4. The minimum Gasteiger partial charge on any atom is -0.444 e. The minimum atomic E-state index is -0.637. The zero-order chi connectivity index (χ0) is 10.8. The van der Waals surface area contributed by atoms with E-state index in [0.717, 1.165) is 0 Å². The molecule has 0 saturated carbocycles. The Kier molecular flexibility index (Phi) is 3.34. The van der Waals surface area contributed by atoms with Crippen molar-refractivity contribution in [2.24, 2.45) is 0 Å². The first kappa shape index (κ1) is 11.3. The standard InChI is InChI=1S/C9H17NO4/c1-9(2,3)14-8(12)10-6-4-13-5-7(6)11/h6-7,11H,4-5H2,1-3H3,(H,10,12)/t6-,7+/m0/s1. The topological polar surface area (TPSA) is 67.8 Å². The molecule has 0 spiro atoms. The van der Waals surface area contributed by atoms with Gasteiger partial charge in [0.15, 0.2) is 0 Å². The van der Waals surface area contributed by atoms with Gasteiger partial charge in [0.2, 0.25) is 0 Å². The van der Waals surface area contributed by atoms with E-state index in [9.17, 15) is 9.90 Å². The quantitative estimate of drug-likeness (QED) is 0.642. The molecule has 1 aliphatic rings. The molecule has 2 N–H and O–H groups in total. The van der Waals surface area contributed by atoms with Crippen molar-refractivity contribution in [3.05, 3.63) is 0 Å². The highest BCUT2D eigenvalue weighted by Crippen LogP contribution is 2.09. The van der Waals surface area contributed by atoms with E-state index in [-0.39, 0.29) is 12.6 Å². The van der Waals surface area contributed by atoms with Crippen LogP contribution in [0.4, 0.5) is 4.79 Å². The first-order valence-corrected chi connectivity index (χ1v) is 4.64. The van der Waals surface area contributed by atoms with Gasteiger partial charge in [0, 0.05) is 0 Å². The normalized spacial score (nSPS) is 27.4. The second-order valence-corrected chi connectivity index (χ2v) is 4.36. The van der Waals surface area contributed by atoms with Crippen LogP contribution in [0.5, 0.6) is 0 Å². The van der Waals surface area contributed by atoms with Gasteiger partial charge in [-0.25, -0.2) is 4.79 Å². The zero-order valence-electron chi connectivity index (χ0n) is 8.74. The first-order valence-electron chi connectivity index (χ1n) is 4.64. The van der Waals surface area contributed by atoms with E-state index in [4.69, 9.17) is 9.47 Å². The molecular formula is C9H17NO4. The Bertz CT molecular complexity index is 211. The Labute approximate surface area is 83.4 Å². The van der Waals surface area contributed by atoms with Crippen LogP contribution < -0.4 is 5.32 Å². The van der Waals surface area contributed by atoms with Crippen molar-refractivity contribution in [3.63, 3.8) is 0 Å². The number of amides is 1. The van der Waals surface area contributed by atoms with Crippen molar-refractivity contribution in [3.8, 4) is 0 Å². The molecule has 1 amide bonds. The average molecular weight is 203 g/mol. The Morgan fingerprint density at radius 1 is 1.50 bits per heavy atom. The second kappa shape index (κ2) is 4.14. The third-order valence-corrected chi connectivity index (χ3v) is 1.75. The van der Waals surface area contributed by atoms with Gasteiger partial charge >= 0.3 is 6.09 Å². The predicted octanol–water partition coefficient (Wildman–Crippen LogP) is 0.271. The molecule has 14 heavy (non-hydrogen) atoms. The van der Waals surface area contributed by atoms with Crippen LogP contribution in [-0.2, 0) is 9.47 Å². The van der Waals surface area contributed by atoms with Gasteiger partial charge < -0.3 is 19.9 Å². The summed E-state index contributed by atoms with van der Waals surface area (Å²) in [7, 11) is 0. The van der Waals surface area contributed by atoms with Crippen molar-refractivity contribution in [1.29, 1.82) is 0 Å². The third kappa shape index (κ3) is 3.51. The number of alkyl carbamates (subject to hydrolysis) is 1. The van der Waals surface area contributed by atoms with E-state index >= 15 is 0 Å². The molecule has 0 aliphatic carbocycles. The maximum atomic E-state index is 11.3. The van der Waals surface area contributed by atoms with Crippen LogP contribution in [0.3, 0.4) is 0 Å². The fraction of sp³-hybridized carbons (Fsp3) is 0.889. The summed E-state index contributed by atoms with van der Waals surface area (Å²) >= 11 is 0. The summed E-state index contributed by atoms with van der Waals surface area (Å²) in [6, 6.07) is -0.357. The van der Waals surface area contributed by atoms with Gasteiger partial charge in [-0.1, -0.05) is 0 Å². The number of hydrogen-bond donors (Lipinski definition) is 2. The van der Waals surface area contributed by atoms with Crippen LogP contribution in [0.1, 0.15) is 20.8 Å². The number of ether oxygens (including phenoxy) is 2. The molecule has 5 heteroatoms. The highest BCUT2D eigenvalue weighted by atomic mass is 16.6. The lowest BCUT2D eigenvalue weighted by Gasteiger charge is -2.22. The lowest BCUT2D eigenvalue weighted by Crippen LogP contribution is -2.44. The minimum absolute atomic E-state index is 0.264. The summed E-state index contributed by atoms with van der Waals surface area (Å²) in [6.45, 7) is 5.96.